The van der Waals surface area contributed by atoms with Gasteiger partial charge in [-0.15, -0.1) is 6.58 Å². The zero-order valence-electron chi connectivity index (χ0n) is 36.2. The lowest BCUT2D eigenvalue weighted by Crippen LogP contribution is -2.70. The molecule has 336 valence electrons. The van der Waals surface area contributed by atoms with Crippen LogP contribution in [0, 0.1) is 29.1 Å². The Morgan fingerprint density at radius 2 is 1.75 bits per heavy atom. The smallest absolute Gasteiger partial charge is 0.254 e. The molecular weight excluding hydrogens is 801 g/mol. The van der Waals surface area contributed by atoms with Gasteiger partial charge in [0.2, 0.25) is 5.79 Å². The predicted molar refractivity (Wildman–Crippen MR) is 238 cm³/mol. The van der Waals surface area contributed by atoms with E-state index < -0.39 is 17.7 Å². The lowest BCUT2D eigenvalue weighted by Gasteiger charge is -2.60. The number of nitrogens with zero attached hydrogens (tertiary/aromatic N) is 4. The van der Waals surface area contributed by atoms with E-state index in [4.69, 9.17) is 28.9 Å². The molecule has 7 rings (SSSR count). The maximum atomic E-state index is 15.1. The highest BCUT2D eigenvalue weighted by Gasteiger charge is 2.65. The van der Waals surface area contributed by atoms with Crippen LogP contribution >= 0.6 is 0 Å². The molecule has 13 heteroatoms. The molecule has 0 spiro atoms. The van der Waals surface area contributed by atoms with Gasteiger partial charge in [0.15, 0.2) is 0 Å². The number of nitriles is 1. The number of benzene rings is 3. The normalized spacial score (nSPS) is 24.0. The summed E-state index contributed by atoms with van der Waals surface area (Å²) in [6.45, 7) is 8.31. The van der Waals surface area contributed by atoms with Crippen molar-refractivity contribution in [1.29, 1.82) is 5.26 Å². The summed E-state index contributed by atoms with van der Waals surface area (Å²) >= 11 is 0. The number of hydrogen-bond acceptors (Lipinski definition) is 12. The molecule has 3 N–H and O–H groups in total. The topological polar surface area (TPSA) is 166 Å². The molecule has 6 unspecified atom stereocenters. The van der Waals surface area contributed by atoms with E-state index in [1.807, 2.05) is 42.5 Å². The quantitative estimate of drug-likeness (QED) is 0.0382. The van der Waals surface area contributed by atoms with Crippen LogP contribution in [0.5, 0.6) is 11.5 Å². The molecule has 2 aliphatic heterocycles. The molecule has 1 saturated heterocycles. The van der Waals surface area contributed by atoms with Gasteiger partial charge in [0, 0.05) is 62.9 Å². The zero-order chi connectivity index (χ0) is 44.0. The van der Waals surface area contributed by atoms with Crippen molar-refractivity contribution < 1.29 is 43.9 Å². The SMILES string of the molecule is C=CCOC12Oc3ccc(OCCN4CC4)cc3C3C(CCCCO)C(CCCCO)C=C(C(=NOCc4ccccc4)CC1N(CCOCCO)C(=O)c1ccc(C#N)cc1)C32. The summed E-state index contributed by atoms with van der Waals surface area (Å²) in [6.07, 6.45) is 8.79. The molecule has 13 nitrogen and oxygen atoms in total. The van der Waals surface area contributed by atoms with Crippen LogP contribution in [0.25, 0.3) is 0 Å². The Kier molecular flexibility index (Phi) is 16.4. The van der Waals surface area contributed by atoms with Gasteiger partial charge in [0.05, 0.1) is 49.7 Å². The number of carbonyl (C=O) groups excluding carboxylic acids is 1. The van der Waals surface area contributed by atoms with Gasteiger partial charge < -0.3 is 44.0 Å². The van der Waals surface area contributed by atoms with Crippen LogP contribution in [0.4, 0.5) is 0 Å². The van der Waals surface area contributed by atoms with Crippen molar-refractivity contribution in [3.63, 3.8) is 0 Å². The first-order valence-electron chi connectivity index (χ1n) is 22.5. The highest BCUT2D eigenvalue weighted by Crippen LogP contribution is 2.62. The van der Waals surface area contributed by atoms with Crippen LogP contribution in [-0.4, -0.2) is 121 Å². The number of allylic oxidation sites excluding steroid dienone is 1. The molecule has 0 aromatic heterocycles. The van der Waals surface area contributed by atoms with Crippen LogP contribution < -0.4 is 9.47 Å². The first-order valence-corrected chi connectivity index (χ1v) is 22.5. The lowest BCUT2D eigenvalue weighted by atomic mass is 9.55. The van der Waals surface area contributed by atoms with Gasteiger partial charge in [-0.05, 0) is 91.1 Å². The minimum Gasteiger partial charge on any atom is -0.492 e. The van der Waals surface area contributed by atoms with Gasteiger partial charge in [-0.3, -0.25) is 9.69 Å². The summed E-state index contributed by atoms with van der Waals surface area (Å²) in [6, 6.07) is 23.8. The summed E-state index contributed by atoms with van der Waals surface area (Å²) in [5.41, 5.74) is 4.35. The minimum atomic E-state index is -1.47. The van der Waals surface area contributed by atoms with Crippen LogP contribution in [0.15, 0.2) is 102 Å². The number of aliphatic hydroxyl groups is 3. The zero-order valence-corrected chi connectivity index (χ0v) is 36.2. The third-order valence-electron chi connectivity index (χ3n) is 12.7. The summed E-state index contributed by atoms with van der Waals surface area (Å²) in [5, 5.41) is 44.1. The molecule has 3 aromatic rings. The van der Waals surface area contributed by atoms with E-state index in [-0.39, 0.29) is 82.9 Å². The molecule has 1 saturated carbocycles. The van der Waals surface area contributed by atoms with Crippen LogP contribution in [0.2, 0.25) is 0 Å². The second kappa shape index (κ2) is 22.5. The Hall–Kier alpha value is -5.07. The van der Waals surface area contributed by atoms with Gasteiger partial charge in [-0.2, -0.15) is 5.26 Å². The fourth-order valence-corrected chi connectivity index (χ4v) is 9.67. The fourth-order valence-electron chi connectivity index (χ4n) is 9.67. The molecule has 3 aromatic carbocycles. The van der Waals surface area contributed by atoms with Crippen molar-refractivity contribution in [2.45, 2.75) is 69.3 Å². The summed E-state index contributed by atoms with van der Waals surface area (Å²) in [5.74, 6) is -1.00. The molecule has 0 radical (unpaired) electrons. The first kappa shape index (κ1) is 45.9. The summed E-state index contributed by atoms with van der Waals surface area (Å²) < 4.78 is 26.7. The van der Waals surface area contributed by atoms with E-state index in [0.29, 0.717) is 42.0 Å². The number of ether oxygens (including phenoxy) is 4. The Morgan fingerprint density at radius 1 is 0.968 bits per heavy atom. The van der Waals surface area contributed by atoms with E-state index in [9.17, 15) is 20.6 Å². The van der Waals surface area contributed by atoms with Crippen molar-refractivity contribution in [3.05, 3.63) is 119 Å². The molecule has 2 heterocycles. The van der Waals surface area contributed by atoms with Crippen LogP contribution in [-0.2, 0) is 20.9 Å². The molecule has 2 aliphatic carbocycles. The molecular formula is C50H62N4O9. The maximum Gasteiger partial charge on any atom is 0.254 e. The maximum absolute atomic E-state index is 15.1. The van der Waals surface area contributed by atoms with Crippen LogP contribution in [0.1, 0.15) is 77.9 Å². The number of carbonyl (C=O) groups is 1. The first-order chi connectivity index (χ1) is 30.9. The fraction of sp³-hybridized carbons (Fsp3) is 0.500. The number of oxime groups is 1. The molecule has 63 heavy (non-hydrogen) atoms. The molecule has 1 amide bonds. The lowest BCUT2D eigenvalue weighted by molar-refractivity contribution is -0.254. The second-order valence-corrected chi connectivity index (χ2v) is 16.7. The number of rotatable bonds is 25. The number of fused-ring (bicyclic) bond motifs is 2. The van der Waals surface area contributed by atoms with Crippen molar-refractivity contribution in [2.24, 2.45) is 22.9 Å². The van der Waals surface area contributed by atoms with E-state index >= 15 is 4.79 Å². The molecule has 0 bridgehead atoms. The number of aliphatic hydroxyl groups excluding tert-OH is 3. The Morgan fingerprint density at radius 3 is 2.46 bits per heavy atom. The largest absolute Gasteiger partial charge is 0.492 e. The van der Waals surface area contributed by atoms with E-state index in [0.717, 1.165) is 67.8 Å². The Labute approximate surface area is 371 Å². The number of unbranched alkanes of at least 4 members (excludes halogenated alkanes) is 2. The van der Waals surface area contributed by atoms with Crippen molar-refractivity contribution >= 4 is 11.6 Å². The Balaban J connectivity index is 1.42. The predicted octanol–water partition coefficient (Wildman–Crippen LogP) is 6.24. The highest BCUT2D eigenvalue weighted by atomic mass is 16.7. The van der Waals surface area contributed by atoms with Gasteiger partial charge in [0.25, 0.3) is 5.91 Å². The highest BCUT2D eigenvalue weighted by molar-refractivity contribution is 6.03. The second-order valence-electron chi connectivity index (χ2n) is 16.7. The number of hydrogen-bond donors (Lipinski definition) is 3. The van der Waals surface area contributed by atoms with Gasteiger partial charge in [-0.25, -0.2) is 0 Å². The Bertz CT molecular complexity index is 2070. The van der Waals surface area contributed by atoms with E-state index in [2.05, 4.69) is 29.7 Å². The van der Waals surface area contributed by atoms with E-state index in [1.165, 1.54) is 0 Å². The molecule has 2 fully saturated rings. The average molecular weight is 863 g/mol. The average Bonchev–Trinajstić information content (AvgIpc) is 4.15. The van der Waals surface area contributed by atoms with Crippen LogP contribution in [0.3, 0.4) is 0 Å². The monoisotopic (exact) mass is 862 g/mol. The minimum absolute atomic E-state index is 0.0481. The third kappa shape index (κ3) is 11.0. The summed E-state index contributed by atoms with van der Waals surface area (Å²) in [4.78, 5) is 25.4. The van der Waals surface area contributed by atoms with Gasteiger partial charge in [0.1, 0.15) is 30.8 Å². The van der Waals surface area contributed by atoms with E-state index in [1.54, 1.807) is 35.2 Å². The van der Waals surface area contributed by atoms with Crippen molar-refractivity contribution in [3.8, 4) is 17.6 Å². The number of amides is 1. The standard InChI is InChI=1S/C50H62N4O9/c1-2-27-61-50-46(54(23-28-59-30-26-57)49(58)38-16-14-36(34-51)15-17-38)33-44(52-62-35-37-10-4-3-5-11-37)42-31-39(12-6-8-24-55)41(13-7-9-25-56)47(48(42)50)43-32-40(18-19-45(43)63-50)60-29-22-53-20-21-53/h2-5,10-11,14-19,31-32,39,41,46-48,55-57H,1,6-9,12-13,20-30,33,35H2. The molecule has 6 atom stereocenters. The third-order valence-corrected chi connectivity index (χ3v) is 12.7. The van der Waals surface area contributed by atoms with Crippen molar-refractivity contribution in [2.75, 3.05) is 72.4 Å². The molecule has 4 aliphatic rings. The summed E-state index contributed by atoms with van der Waals surface area (Å²) in [7, 11) is 0. The van der Waals surface area contributed by atoms with Gasteiger partial charge in [-0.1, -0.05) is 60.5 Å². The van der Waals surface area contributed by atoms with Gasteiger partial charge >= 0.3 is 0 Å². The van der Waals surface area contributed by atoms with Crippen molar-refractivity contribution in [1.82, 2.24) is 9.80 Å².